The van der Waals surface area contributed by atoms with Gasteiger partial charge in [-0.2, -0.15) is 0 Å². The average Bonchev–Trinajstić information content (AvgIpc) is 3.04. The van der Waals surface area contributed by atoms with E-state index < -0.39 is 0 Å². The second-order valence-corrected chi connectivity index (χ2v) is 6.25. The maximum atomic E-state index is 5.89. The summed E-state index contributed by atoms with van der Waals surface area (Å²) >= 11 is 0. The van der Waals surface area contributed by atoms with Crippen LogP contribution in [0.4, 0.5) is 0 Å². The Labute approximate surface area is 111 Å². The van der Waals surface area contributed by atoms with Crippen LogP contribution in [0, 0.1) is 0 Å². The van der Waals surface area contributed by atoms with Crippen molar-refractivity contribution in [1.29, 1.82) is 0 Å². The Morgan fingerprint density at radius 1 is 1.17 bits per heavy atom. The summed E-state index contributed by atoms with van der Waals surface area (Å²) in [6.07, 6.45) is 2.31. The normalized spacial score (nSPS) is 20.2. The molecule has 0 aromatic rings. The molecular formula is C14H29NO3. The molecule has 1 heterocycles. The lowest BCUT2D eigenvalue weighted by Crippen LogP contribution is -2.40. The minimum atomic E-state index is -0.186. The molecule has 0 aromatic carbocycles. The Balaban J connectivity index is 2.22. The second kappa shape index (κ2) is 6.85. The van der Waals surface area contributed by atoms with Gasteiger partial charge < -0.3 is 14.2 Å². The van der Waals surface area contributed by atoms with E-state index in [0.29, 0.717) is 19.4 Å². The molecule has 1 saturated heterocycles. The van der Waals surface area contributed by atoms with Crippen molar-refractivity contribution in [1.82, 2.24) is 5.32 Å². The van der Waals surface area contributed by atoms with Gasteiger partial charge in [0.1, 0.15) is 6.10 Å². The molecule has 0 amide bonds. The summed E-state index contributed by atoms with van der Waals surface area (Å²) in [5, 5.41) is 3.25. The zero-order valence-electron chi connectivity index (χ0n) is 12.5. The van der Waals surface area contributed by atoms with Gasteiger partial charge in [0.25, 0.3) is 0 Å². The quantitative estimate of drug-likeness (QED) is 0.371. The summed E-state index contributed by atoms with van der Waals surface area (Å²) < 4.78 is 16.9. The zero-order chi connectivity index (χ0) is 13.6. The highest BCUT2D eigenvalue weighted by Gasteiger charge is 2.32. The first kappa shape index (κ1) is 15.9. The van der Waals surface area contributed by atoms with E-state index in [1.807, 2.05) is 0 Å². The predicted molar refractivity (Wildman–Crippen MR) is 72.7 cm³/mol. The lowest BCUT2D eigenvalue weighted by Gasteiger charge is -2.35. The highest BCUT2D eigenvalue weighted by Crippen LogP contribution is 2.27. The van der Waals surface area contributed by atoms with Gasteiger partial charge in [0.2, 0.25) is 0 Å². The summed E-state index contributed by atoms with van der Waals surface area (Å²) in [6.45, 7) is 13.7. The maximum Gasteiger partial charge on any atom is 0.104 e. The first-order valence-electron chi connectivity index (χ1n) is 6.95. The fourth-order valence-corrected chi connectivity index (χ4v) is 2.11. The Bertz CT molecular complexity index is 237. The minimum Gasteiger partial charge on any atom is -0.373 e. The lowest BCUT2D eigenvalue weighted by molar-refractivity contribution is -0.106. The Morgan fingerprint density at radius 3 is 2.33 bits per heavy atom. The third-order valence-electron chi connectivity index (χ3n) is 2.91. The number of hydrogen-bond acceptors (Lipinski definition) is 4. The van der Waals surface area contributed by atoms with Crippen LogP contribution in [0.15, 0.2) is 0 Å². The maximum absolute atomic E-state index is 5.89. The topological polar surface area (TPSA) is 43.0 Å². The molecule has 0 aliphatic carbocycles. The summed E-state index contributed by atoms with van der Waals surface area (Å²) in [4.78, 5) is 0. The van der Waals surface area contributed by atoms with Gasteiger partial charge >= 0.3 is 0 Å². The molecule has 0 aromatic heterocycles. The molecule has 1 unspecified atom stereocenters. The Morgan fingerprint density at radius 2 is 1.78 bits per heavy atom. The third-order valence-corrected chi connectivity index (χ3v) is 2.91. The molecule has 1 rings (SSSR count). The molecule has 1 N–H and O–H groups in total. The summed E-state index contributed by atoms with van der Waals surface area (Å²) in [5.74, 6) is 0. The monoisotopic (exact) mass is 259 g/mol. The van der Waals surface area contributed by atoms with Crippen LogP contribution in [0.1, 0.15) is 47.5 Å². The van der Waals surface area contributed by atoms with Crippen molar-refractivity contribution < 1.29 is 14.2 Å². The van der Waals surface area contributed by atoms with Gasteiger partial charge in [-0.1, -0.05) is 6.92 Å². The van der Waals surface area contributed by atoms with E-state index in [2.05, 4.69) is 39.9 Å². The summed E-state index contributed by atoms with van der Waals surface area (Å²) in [7, 11) is 0. The number of rotatable bonds is 10. The fraction of sp³-hybridized carbons (Fsp3) is 1.00. The minimum absolute atomic E-state index is 0.180. The molecule has 1 fully saturated rings. The summed E-state index contributed by atoms with van der Waals surface area (Å²) in [5.41, 5.74) is -0.366. The average molecular weight is 259 g/mol. The van der Waals surface area contributed by atoms with Crippen LogP contribution in [0.25, 0.3) is 0 Å². The van der Waals surface area contributed by atoms with Crippen LogP contribution >= 0.6 is 0 Å². The van der Waals surface area contributed by atoms with E-state index in [-0.39, 0.29) is 11.2 Å². The second-order valence-electron chi connectivity index (χ2n) is 6.25. The van der Waals surface area contributed by atoms with E-state index >= 15 is 0 Å². The van der Waals surface area contributed by atoms with Gasteiger partial charge in [-0.25, -0.2) is 0 Å². The van der Waals surface area contributed by atoms with Crippen molar-refractivity contribution >= 4 is 0 Å². The van der Waals surface area contributed by atoms with Crippen LogP contribution in [-0.2, 0) is 14.2 Å². The van der Waals surface area contributed by atoms with E-state index in [1.165, 1.54) is 0 Å². The van der Waals surface area contributed by atoms with E-state index in [9.17, 15) is 0 Å². The fourth-order valence-electron chi connectivity index (χ4n) is 2.11. The first-order chi connectivity index (χ1) is 8.35. The number of epoxide rings is 1. The molecule has 0 spiro atoms. The molecule has 0 radical (unpaired) electrons. The van der Waals surface area contributed by atoms with Crippen LogP contribution in [0.5, 0.6) is 0 Å². The SMILES string of the molecule is CCCNCOC(C)(C)CC(C)(C)OCC1CO1. The van der Waals surface area contributed by atoms with Crippen molar-refractivity contribution in [3.05, 3.63) is 0 Å². The van der Waals surface area contributed by atoms with Crippen LogP contribution in [0.3, 0.4) is 0 Å². The molecule has 0 saturated carbocycles. The highest BCUT2D eigenvalue weighted by atomic mass is 16.6. The lowest BCUT2D eigenvalue weighted by atomic mass is 9.92. The van der Waals surface area contributed by atoms with Crippen molar-refractivity contribution in [2.24, 2.45) is 0 Å². The van der Waals surface area contributed by atoms with Gasteiger partial charge in [0, 0.05) is 6.42 Å². The van der Waals surface area contributed by atoms with Crippen molar-refractivity contribution in [2.75, 3.05) is 26.5 Å². The largest absolute Gasteiger partial charge is 0.373 e. The molecular weight excluding hydrogens is 230 g/mol. The van der Waals surface area contributed by atoms with E-state index in [1.54, 1.807) is 0 Å². The van der Waals surface area contributed by atoms with E-state index in [0.717, 1.165) is 26.0 Å². The first-order valence-corrected chi connectivity index (χ1v) is 6.95. The van der Waals surface area contributed by atoms with Crippen LogP contribution in [-0.4, -0.2) is 43.8 Å². The van der Waals surface area contributed by atoms with Gasteiger partial charge in [-0.15, -0.1) is 0 Å². The number of ether oxygens (including phenoxy) is 3. The molecule has 0 bridgehead atoms. The van der Waals surface area contributed by atoms with Crippen molar-refractivity contribution in [3.8, 4) is 0 Å². The Hall–Kier alpha value is -0.160. The third kappa shape index (κ3) is 7.31. The zero-order valence-corrected chi connectivity index (χ0v) is 12.5. The van der Waals surface area contributed by atoms with Gasteiger partial charge in [-0.05, 0) is 40.7 Å². The van der Waals surface area contributed by atoms with Crippen molar-refractivity contribution in [2.45, 2.75) is 64.8 Å². The smallest absolute Gasteiger partial charge is 0.104 e. The van der Waals surface area contributed by atoms with Crippen molar-refractivity contribution in [3.63, 3.8) is 0 Å². The Kier molecular flexibility index (Phi) is 6.05. The highest BCUT2D eigenvalue weighted by molar-refractivity contribution is 4.82. The molecule has 108 valence electrons. The molecule has 1 atom stereocenters. The van der Waals surface area contributed by atoms with Crippen LogP contribution in [0.2, 0.25) is 0 Å². The molecule has 4 heteroatoms. The molecule has 18 heavy (non-hydrogen) atoms. The standard InChI is InChI=1S/C14H29NO3/c1-6-7-15-11-18-14(4,5)10-13(2,3)17-9-12-8-16-12/h12,15H,6-11H2,1-5H3. The van der Waals surface area contributed by atoms with Gasteiger partial charge in [0.15, 0.2) is 0 Å². The summed E-state index contributed by atoms with van der Waals surface area (Å²) in [6, 6.07) is 0. The van der Waals surface area contributed by atoms with Gasteiger partial charge in [-0.3, -0.25) is 5.32 Å². The molecule has 1 aliphatic heterocycles. The van der Waals surface area contributed by atoms with Gasteiger partial charge in [0.05, 0.1) is 31.1 Å². The number of hydrogen-bond donors (Lipinski definition) is 1. The molecule has 4 nitrogen and oxygen atoms in total. The number of nitrogens with one attached hydrogen (secondary N) is 1. The van der Waals surface area contributed by atoms with Crippen LogP contribution < -0.4 is 5.32 Å². The molecule has 1 aliphatic rings. The van der Waals surface area contributed by atoms with E-state index in [4.69, 9.17) is 14.2 Å². The predicted octanol–water partition coefficient (Wildman–Crippen LogP) is 2.32.